The summed E-state index contributed by atoms with van der Waals surface area (Å²) in [6.45, 7) is 3.42. The number of nitrogens with one attached hydrogen (secondary N) is 2. The SMILES string of the molecule is COC(=O)c1cccc(NC(=O)c2cccc(S(=O)(=O)NC(C)C)c2)c1. The average Bonchev–Trinajstić information content (AvgIpc) is 2.60. The molecule has 0 unspecified atom stereocenters. The molecule has 0 heterocycles. The molecule has 26 heavy (non-hydrogen) atoms. The number of rotatable bonds is 6. The van der Waals surface area contributed by atoms with E-state index in [4.69, 9.17) is 0 Å². The highest BCUT2D eigenvalue weighted by atomic mass is 32.2. The zero-order valence-corrected chi connectivity index (χ0v) is 15.5. The summed E-state index contributed by atoms with van der Waals surface area (Å²) in [4.78, 5) is 24.0. The molecule has 0 fully saturated rings. The fourth-order valence-electron chi connectivity index (χ4n) is 2.23. The van der Waals surface area contributed by atoms with Gasteiger partial charge in [-0.15, -0.1) is 0 Å². The maximum atomic E-state index is 12.4. The molecule has 0 aromatic heterocycles. The number of amides is 1. The van der Waals surface area contributed by atoms with Crippen molar-refractivity contribution in [2.75, 3.05) is 12.4 Å². The first-order valence-electron chi connectivity index (χ1n) is 7.85. The Kier molecular flexibility index (Phi) is 6.12. The van der Waals surface area contributed by atoms with Crippen LogP contribution in [-0.4, -0.2) is 33.4 Å². The maximum absolute atomic E-state index is 12.4. The Balaban J connectivity index is 2.23. The maximum Gasteiger partial charge on any atom is 0.337 e. The van der Waals surface area contributed by atoms with Crippen molar-refractivity contribution in [2.24, 2.45) is 0 Å². The predicted molar refractivity (Wildman–Crippen MR) is 97.6 cm³/mol. The van der Waals surface area contributed by atoms with Gasteiger partial charge < -0.3 is 10.1 Å². The van der Waals surface area contributed by atoms with Crippen LogP contribution in [0.2, 0.25) is 0 Å². The second-order valence-corrected chi connectivity index (χ2v) is 7.54. The van der Waals surface area contributed by atoms with Crippen LogP contribution in [0, 0.1) is 0 Å². The van der Waals surface area contributed by atoms with E-state index in [1.807, 2.05) is 0 Å². The molecule has 0 atom stereocenters. The highest BCUT2D eigenvalue weighted by Crippen LogP contribution is 2.16. The van der Waals surface area contributed by atoms with Crippen LogP contribution in [0.3, 0.4) is 0 Å². The van der Waals surface area contributed by atoms with Crippen molar-refractivity contribution in [1.82, 2.24) is 4.72 Å². The molecule has 2 N–H and O–H groups in total. The van der Waals surface area contributed by atoms with E-state index in [1.54, 1.807) is 32.0 Å². The molecule has 0 aliphatic rings. The summed E-state index contributed by atoms with van der Waals surface area (Å²) in [6.07, 6.45) is 0. The topological polar surface area (TPSA) is 102 Å². The fourth-order valence-corrected chi connectivity index (χ4v) is 3.52. The van der Waals surface area contributed by atoms with E-state index in [0.29, 0.717) is 11.3 Å². The molecule has 0 bridgehead atoms. The highest BCUT2D eigenvalue weighted by molar-refractivity contribution is 7.89. The third-order valence-electron chi connectivity index (χ3n) is 3.34. The molecule has 7 nitrogen and oxygen atoms in total. The van der Waals surface area contributed by atoms with E-state index < -0.39 is 21.9 Å². The van der Waals surface area contributed by atoms with Gasteiger partial charge in [0.25, 0.3) is 5.91 Å². The Hall–Kier alpha value is -2.71. The molecule has 0 aliphatic heterocycles. The monoisotopic (exact) mass is 376 g/mol. The van der Waals surface area contributed by atoms with Crippen molar-refractivity contribution in [3.8, 4) is 0 Å². The quantitative estimate of drug-likeness (QED) is 0.754. The Morgan fingerprint density at radius 2 is 1.65 bits per heavy atom. The van der Waals surface area contributed by atoms with Crippen molar-refractivity contribution >= 4 is 27.6 Å². The van der Waals surface area contributed by atoms with Gasteiger partial charge in [-0.3, -0.25) is 4.79 Å². The number of hydrogen-bond acceptors (Lipinski definition) is 5. The molecule has 2 rings (SSSR count). The Bertz CT molecular complexity index is 923. The zero-order valence-electron chi connectivity index (χ0n) is 14.6. The molecular formula is C18H20N2O5S. The van der Waals surface area contributed by atoms with E-state index in [0.717, 1.165) is 0 Å². The summed E-state index contributed by atoms with van der Waals surface area (Å²) >= 11 is 0. The van der Waals surface area contributed by atoms with Crippen LogP contribution >= 0.6 is 0 Å². The van der Waals surface area contributed by atoms with Crippen LogP contribution in [0.5, 0.6) is 0 Å². The predicted octanol–water partition coefficient (Wildman–Crippen LogP) is 2.41. The number of carbonyl (C=O) groups is 2. The number of esters is 1. The Morgan fingerprint density at radius 3 is 2.31 bits per heavy atom. The van der Waals surface area contributed by atoms with Gasteiger partial charge in [-0.25, -0.2) is 17.9 Å². The first-order chi connectivity index (χ1) is 12.2. The third kappa shape index (κ3) is 4.90. The molecule has 2 aromatic rings. The number of anilines is 1. The molecule has 8 heteroatoms. The van der Waals surface area contributed by atoms with E-state index >= 15 is 0 Å². The average molecular weight is 376 g/mol. The van der Waals surface area contributed by atoms with Gasteiger partial charge in [0.05, 0.1) is 17.6 Å². The number of carbonyl (C=O) groups excluding carboxylic acids is 2. The summed E-state index contributed by atoms with van der Waals surface area (Å²) in [6, 6.07) is 11.7. The van der Waals surface area contributed by atoms with Crippen LogP contribution in [0.15, 0.2) is 53.4 Å². The Labute approximate surface area is 152 Å². The van der Waals surface area contributed by atoms with Crippen LogP contribution < -0.4 is 10.0 Å². The summed E-state index contributed by atoms with van der Waals surface area (Å²) < 4.78 is 31.6. The largest absolute Gasteiger partial charge is 0.465 e. The van der Waals surface area contributed by atoms with E-state index in [-0.39, 0.29) is 16.5 Å². The van der Waals surface area contributed by atoms with Crippen LogP contribution in [0.1, 0.15) is 34.6 Å². The minimum Gasteiger partial charge on any atom is -0.465 e. The van der Waals surface area contributed by atoms with Crippen molar-refractivity contribution in [1.29, 1.82) is 0 Å². The third-order valence-corrected chi connectivity index (χ3v) is 5.00. The second-order valence-electron chi connectivity index (χ2n) is 5.83. The lowest BCUT2D eigenvalue weighted by molar-refractivity contribution is 0.0600. The molecule has 0 aliphatic carbocycles. The lowest BCUT2D eigenvalue weighted by Gasteiger charge is -2.11. The van der Waals surface area contributed by atoms with Gasteiger partial charge in [0, 0.05) is 17.3 Å². The van der Waals surface area contributed by atoms with Gasteiger partial charge in [-0.05, 0) is 50.2 Å². The summed E-state index contributed by atoms with van der Waals surface area (Å²) in [5.74, 6) is -1.01. The normalized spacial score (nSPS) is 11.2. The summed E-state index contributed by atoms with van der Waals surface area (Å²) in [5.41, 5.74) is 0.870. The molecule has 2 aromatic carbocycles. The molecule has 0 saturated heterocycles. The number of methoxy groups -OCH3 is 1. The lowest BCUT2D eigenvalue weighted by atomic mass is 10.1. The van der Waals surface area contributed by atoms with E-state index in [1.165, 1.54) is 37.4 Å². The first-order valence-corrected chi connectivity index (χ1v) is 9.33. The number of hydrogen-bond donors (Lipinski definition) is 2. The molecular weight excluding hydrogens is 356 g/mol. The molecule has 138 valence electrons. The minimum absolute atomic E-state index is 0.00200. The smallest absolute Gasteiger partial charge is 0.337 e. The number of sulfonamides is 1. The van der Waals surface area contributed by atoms with Crippen molar-refractivity contribution in [2.45, 2.75) is 24.8 Å². The number of ether oxygens (including phenoxy) is 1. The van der Waals surface area contributed by atoms with Gasteiger partial charge >= 0.3 is 5.97 Å². The minimum atomic E-state index is -3.70. The van der Waals surface area contributed by atoms with Gasteiger partial charge in [0.2, 0.25) is 10.0 Å². The van der Waals surface area contributed by atoms with Gasteiger partial charge in [0.1, 0.15) is 0 Å². The first kappa shape index (κ1) is 19.6. The van der Waals surface area contributed by atoms with Crippen LogP contribution in [0.4, 0.5) is 5.69 Å². The summed E-state index contributed by atoms with van der Waals surface area (Å²) in [7, 11) is -2.43. The van der Waals surface area contributed by atoms with Crippen LogP contribution in [0.25, 0.3) is 0 Å². The number of benzene rings is 2. The van der Waals surface area contributed by atoms with E-state index in [9.17, 15) is 18.0 Å². The van der Waals surface area contributed by atoms with Gasteiger partial charge in [-0.2, -0.15) is 0 Å². The molecule has 0 saturated carbocycles. The molecule has 0 spiro atoms. The fraction of sp³-hybridized carbons (Fsp3) is 0.222. The Morgan fingerprint density at radius 1 is 1.00 bits per heavy atom. The van der Waals surface area contributed by atoms with E-state index in [2.05, 4.69) is 14.8 Å². The lowest BCUT2D eigenvalue weighted by Crippen LogP contribution is -2.30. The van der Waals surface area contributed by atoms with Crippen molar-refractivity contribution < 1.29 is 22.7 Å². The summed E-state index contributed by atoms with van der Waals surface area (Å²) in [5, 5.41) is 2.64. The van der Waals surface area contributed by atoms with Gasteiger partial charge in [0.15, 0.2) is 0 Å². The second kappa shape index (κ2) is 8.11. The van der Waals surface area contributed by atoms with Gasteiger partial charge in [-0.1, -0.05) is 12.1 Å². The molecule has 1 amide bonds. The highest BCUT2D eigenvalue weighted by Gasteiger charge is 2.17. The zero-order chi connectivity index (χ0) is 19.3. The standard InChI is InChI=1S/C18H20N2O5S/c1-12(2)20-26(23,24)16-9-5-6-13(11-16)17(21)19-15-8-4-7-14(10-15)18(22)25-3/h4-12,20H,1-3H3,(H,19,21). The van der Waals surface area contributed by atoms with Crippen molar-refractivity contribution in [3.63, 3.8) is 0 Å². The van der Waals surface area contributed by atoms with Crippen LogP contribution in [-0.2, 0) is 14.8 Å². The van der Waals surface area contributed by atoms with Crippen molar-refractivity contribution in [3.05, 3.63) is 59.7 Å². The molecule has 0 radical (unpaired) electrons.